The molecule has 0 amide bonds. The van der Waals surface area contributed by atoms with E-state index in [0.29, 0.717) is 5.69 Å². The molecule has 0 N–H and O–H groups in total. The average molecular weight is 291 g/mol. The molecule has 0 unspecified atom stereocenters. The summed E-state index contributed by atoms with van der Waals surface area (Å²) in [5, 5.41) is 10.3. The van der Waals surface area contributed by atoms with E-state index in [-0.39, 0.29) is 0 Å². The van der Waals surface area contributed by atoms with E-state index in [1.807, 2.05) is 49.0 Å². The van der Waals surface area contributed by atoms with Crippen molar-refractivity contribution in [2.45, 2.75) is 13.8 Å². The molecule has 2 heterocycles. The molecule has 0 atom stereocenters. The number of aromatic nitrogens is 2. The maximum atomic E-state index is 9.29. The van der Waals surface area contributed by atoms with Gasteiger partial charge in [-0.1, -0.05) is 6.07 Å². The zero-order chi connectivity index (χ0) is 15.9. The molecule has 4 heteroatoms. The number of aryl methyl sites for hydroxylation is 2. The lowest BCUT2D eigenvalue weighted by molar-refractivity contribution is 0.412. The highest BCUT2D eigenvalue weighted by molar-refractivity contribution is 5.96. The SMILES string of the molecule is COc1ccc(C)c(-c2cc(C#N)nc3c2ccn3C)c1C. The summed E-state index contributed by atoms with van der Waals surface area (Å²) in [6.07, 6.45) is 1.97. The Labute approximate surface area is 129 Å². The molecule has 0 fully saturated rings. The minimum Gasteiger partial charge on any atom is -0.496 e. The fraction of sp³-hybridized carbons (Fsp3) is 0.222. The topological polar surface area (TPSA) is 50.8 Å². The van der Waals surface area contributed by atoms with Crippen LogP contribution in [0.3, 0.4) is 0 Å². The van der Waals surface area contributed by atoms with Crippen LogP contribution in [0.15, 0.2) is 30.5 Å². The summed E-state index contributed by atoms with van der Waals surface area (Å²) in [4.78, 5) is 4.41. The fourth-order valence-electron chi connectivity index (χ4n) is 2.96. The Bertz CT molecular complexity index is 916. The Balaban J connectivity index is 2.43. The van der Waals surface area contributed by atoms with Gasteiger partial charge in [-0.05, 0) is 54.3 Å². The van der Waals surface area contributed by atoms with Gasteiger partial charge in [0, 0.05) is 18.6 Å². The second-order valence-corrected chi connectivity index (χ2v) is 5.42. The van der Waals surface area contributed by atoms with Gasteiger partial charge in [-0.25, -0.2) is 4.98 Å². The first-order valence-corrected chi connectivity index (χ1v) is 7.07. The van der Waals surface area contributed by atoms with Crippen LogP contribution < -0.4 is 4.74 Å². The zero-order valence-electron chi connectivity index (χ0n) is 13.1. The first-order chi connectivity index (χ1) is 10.6. The van der Waals surface area contributed by atoms with Crippen LogP contribution in [-0.2, 0) is 7.05 Å². The molecule has 3 aromatic rings. The molecule has 0 radical (unpaired) electrons. The minimum absolute atomic E-state index is 0.422. The molecule has 0 bridgehead atoms. The van der Waals surface area contributed by atoms with Crippen LogP contribution in [0, 0.1) is 25.2 Å². The number of pyridine rings is 1. The Morgan fingerprint density at radius 2 is 2.00 bits per heavy atom. The molecule has 1 aromatic carbocycles. The van der Waals surface area contributed by atoms with Gasteiger partial charge < -0.3 is 9.30 Å². The Morgan fingerprint density at radius 3 is 2.68 bits per heavy atom. The van der Waals surface area contributed by atoms with Gasteiger partial charge in [0.2, 0.25) is 0 Å². The summed E-state index contributed by atoms with van der Waals surface area (Å²) in [6, 6.07) is 10.1. The van der Waals surface area contributed by atoms with Crippen molar-refractivity contribution in [3.8, 4) is 22.9 Å². The number of nitrogens with zero attached hydrogens (tertiary/aromatic N) is 3. The predicted octanol–water partition coefficient (Wildman–Crippen LogP) is 3.74. The van der Waals surface area contributed by atoms with Crippen LogP contribution in [0.4, 0.5) is 0 Å². The molecule has 3 rings (SSSR count). The lowest BCUT2D eigenvalue weighted by atomic mass is 9.93. The first kappa shape index (κ1) is 14.2. The molecule has 0 saturated heterocycles. The van der Waals surface area contributed by atoms with Crippen LogP contribution >= 0.6 is 0 Å². The highest BCUT2D eigenvalue weighted by Gasteiger charge is 2.16. The molecule has 110 valence electrons. The summed E-state index contributed by atoms with van der Waals surface area (Å²) >= 11 is 0. The van der Waals surface area contributed by atoms with Crippen molar-refractivity contribution in [2.75, 3.05) is 7.11 Å². The lowest BCUT2D eigenvalue weighted by Gasteiger charge is -2.15. The van der Waals surface area contributed by atoms with E-state index in [9.17, 15) is 5.26 Å². The van der Waals surface area contributed by atoms with E-state index >= 15 is 0 Å². The predicted molar refractivity (Wildman–Crippen MR) is 86.9 cm³/mol. The Kier molecular flexibility index (Phi) is 3.34. The van der Waals surface area contributed by atoms with Crippen LogP contribution in [-0.4, -0.2) is 16.7 Å². The lowest BCUT2D eigenvalue weighted by Crippen LogP contribution is -1.97. The number of hydrogen-bond acceptors (Lipinski definition) is 3. The maximum absolute atomic E-state index is 9.29. The van der Waals surface area contributed by atoms with Crippen LogP contribution in [0.1, 0.15) is 16.8 Å². The molecule has 0 aliphatic carbocycles. The third kappa shape index (κ3) is 2.03. The number of rotatable bonds is 2. The monoisotopic (exact) mass is 291 g/mol. The van der Waals surface area contributed by atoms with E-state index in [0.717, 1.165) is 39.0 Å². The Morgan fingerprint density at radius 1 is 1.23 bits per heavy atom. The molecular formula is C18H17N3O. The van der Waals surface area contributed by atoms with E-state index in [4.69, 9.17) is 4.74 Å². The highest BCUT2D eigenvalue weighted by atomic mass is 16.5. The number of hydrogen-bond donors (Lipinski definition) is 0. The maximum Gasteiger partial charge on any atom is 0.143 e. The molecule has 2 aromatic heterocycles. The van der Waals surface area contributed by atoms with Crippen molar-refractivity contribution in [3.05, 3.63) is 47.3 Å². The van der Waals surface area contributed by atoms with Gasteiger partial charge in [0.25, 0.3) is 0 Å². The molecule has 4 nitrogen and oxygen atoms in total. The second kappa shape index (κ2) is 5.19. The van der Waals surface area contributed by atoms with E-state index in [1.54, 1.807) is 7.11 Å². The first-order valence-electron chi connectivity index (χ1n) is 7.07. The normalized spacial score (nSPS) is 10.7. The highest BCUT2D eigenvalue weighted by Crippen LogP contribution is 2.37. The van der Waals surface area contributed by atoms with Gasteiger partial charge in [-0.15, -0.1) is 0 Å². The zero-order valence-corrected chi connectivity index (χ0v) is 13.1. The molecule has 0 aliphatic rings. The van der Waals surface area contributed by atoms with Crippen molar-refractivity contribution < 1.29 is 4.74 Å². The summed E-state index contributed by atoms with van der Waals surface area (Å²) in [6.45, 7) is 4.12. The second-order valence-electron chi connectivity index (χ2n) is 5.42. The molecular weight excluding hydrogens is 274 g/mol. The van der Waals surface area contributed by atoms with Crippen LogP contribution in [0.5, 0.6) is 5.75 Å². The van der Waals surface area contributed by atoms with Crippen molar-refractivity contribution >= 4 is 11.0 Å². The number of nitriles is 1. The van der Waals surface area contributed by atoms with E-state index in [2.05, 4.69) is 18.0 Å². The quantitative estimate of drug-likeness (QED) is 0.722. The standard InChI is InChI=1S/C18H17N3O/c1-11-5-6-16(22-4)12(2)17(11)15-9-13(10-19)20-18-14(15)7-8-21(18)3/h5-9H,1-4H3. The number of benzene rings is 1. The van der Waals surface area contributed by atoms with Crippen molar-refractivity contribution in [1.29, 1.82) is 5.26 Å². The molecule has 22 heavy (non-hydrogen) atoms. The van der Waals surface area contributed by atoms with Gasteiger partial charge in [-0.3, -0.25) is 0 Å². The summed E-state index contributed by atoms with van der Waals surface area (Å²) in [7, 11) is 3.61. The van der Waals surface area contributed by atoms with Crippen molar-refractivity contribution in [3.63, 3.8) is 0 Å². The number of ether oxygens (including phenoxy) is 1. The van der Waals surface area contributed by atoms with Crippen molar-refractivity contribution in [2.24, 2.45) is 7.05 Å². The van der Waals surface area contributed by atoms with Crippen LogP contribution in [0.25, 0.3) is 22.2 Å². The fourth-order valence-corrected chi connectivity index (χ4v) is 2.96. The third-order valence-corrected chi connectivity index (χ3v) is 4.06. The van der Waals surface area contributed by atoms with Gasteiger partial charge in [0.05, 0.1) is 7.11 Å². The smallest absolute Gasteiger partial charge is 0.143 e. The molecule has 0 spiro atoms. The van der Waals surface area contributed by atoms with Gasteiger partial charge in [0.15, 0.2) is 0 Å². The van der Waals surface area contributed by atoms with Crippen LogP contribution in [0.2, 0.25) is 0 Å². The van der Waals surface area contributed by atoms with Gasteiger partial charge in [0.1, 0.15) is 23.2 Å². The average Bonchev–Trinajstić information content (AvgIpc) is 2.89. The van der Waals surface area contributed by atoms with Crippen molar-refractivity contribution in [1.82, 2.24) is 9.55 Å². The van der Waals surface area contributed by atoms with Gasteiger partial charge in [-0.2, -0.15) is 5.26 Å². The van der Waals surface area contributed by atoms with Gasteiger partial charge >= 0.3 is 0 Å². The Hall–Kier alpha value is -2.80. The van der Waals surface area contributed by atoms with E-state index < -0.39 is 0 Å². The van der Waals surface area contributed by atoms with E-state index in [1.165, 1.54) is 0 Å². The third-order valence-electron chi connectivity index (χ3n) is 4.06. The summed E-state index contributed by atoms with van der Waals surface area (Å²) < 4.78 is 7.39. The largest absolute Gasteiger partial charge is 0.496 e. The minimum atomic E-state index is 0.422. The molecule has 0 aliphatic heterocycles. The number of methoxy groups -OCH3 is 1. The number of fused-ring (bicyclic) bond motifs is 1. The molecule has 0 saturated carbocycles. The summed E-state index contributed by atoms with van der Waals surface area (Å²) in [5.41, 5.74) is 5.59. The summed E-state index contributed by atoms with van der Waals surface area (Å²) in [5.74, 6) is 0.847.